The minimum absolute atomic E-state index is 0.164. The lowest BCUT2D eigenvalue weighted by atomic mass is 9.77. The molecule has 20 heavy (non-hydrogen) atoms. The van der Waals surface area contributed by atoms with Gasteiger partial charge in [0.05, 0.1) is 33.2 Å². The van der Waals surface area contributed by atoms with E-state index < -0.39 is 23.2 Å². The van der Waals surface area contributed by atoms with Gasteiger partial charge in [-0.25, -0.2) is 0 Å². The number of rotatable bonds is 2. The summed E-state index contributed by atoms with van der Waals surface area (Å²) in [5.41, 5.74) is -0.744. The minimum Gasteiger partial charge on any atom is -0.399 e. The summed E-state index contributed by atoms with van der Waals surface area (Å²) in [5, 5.41) is 20.0. The van der Waals surface area contributed by atoms with Gasteiger partial charge in [0.1, 0.15) is 0 Å². The highest BCUT2D eigenvalue weighted by molar-refractivity contribution is 6.63. The van der Waals surface area contributed by atoms with Crippen LogP contribution in [0.1, 0.15) is 33.3 Å². The van der Waals surface area contributed by atoms with E-state index in [0.29, 0.717) is 5.46 Å². The van der Waals surface area contributed by atoms with Gasteiger partial charge in [0.25, 0.3) is 5.69 Å². The second-order valence-electron chi connectivity index (χ2n) is 5.73. The zero-order valence-corrected chi connectivity index (χ0v) is 11.8. The highest BCUT2D eigenvalue weighted by Crippen LogP contribution is 2.37. The lowest BCUT2D eigenvalue weighted by molar-refractivity contribution is -0.383. The van der Waals surface area contributed by atoms with Crippen molar-refractivity contribution in [3.63, 3.8) is 0 Å². The van der Waals surface area contributed by atoms with Crippen LogP contribution in [0.2, 0.25) is 0 Å². The zero-order valence-electron chi connectivity index (χ0n) is 11.8. The Morgan fingerprint density at radius 1 is 1.25 bits per heavy atom. The summed E-state index contributed by atoms with van der Waals surface area (Å²) in [4.78, 5) is 10.6. The van der Waals surface area contributed by atoms with Crippen molar-refractivity contribution in [3.05, 3.63) is 33.9 Å². The number of hydrogen-bond donors (Lipinski definition) is 0. The van der Waals surface area contributed by atoms with Crippen molar-refractivity contribution < 1.29 is 14.2 Å². The average molecular weight is 274 g/mol. The van der Waals surface area contributed by atoms with Crippen molar-refractivity contribution in [3.8, 4) is 6.07 Å². The number of nitro benzene ring substituents is 1. The molecule has 0 unspecified atom stereocenters. The molecule has 0 atom stereocenters. The number of hydrogen-bond acceptors (Lipinski definition) is 5. The van der Waals surface area contributed by atoms with Gasteiger partial charge in [0.2, 0.25) is 0 Å². The molecule has 1 aromatic rings. The number of benzene rings is 1. The van der Waals surface area contributed by atoms with Crippen molar-refractivity contribution >= 4 is 18.3 Å². The molecule has 1 aromatic carbocycles. The van der Waals surface area contributed by atoms with Crippen LogP contribution >= 0.6 is 0 Å². The van der Waals surface area contributed by atoms with Crippen LogP contribution in [0.3, 0.4) is 0 Å². The second-order valence-corrected chi connectivity index (χ2v) is 5.73. The third-order valence-corrected chi connectivity index (χ3v) is 3.86. The highest BCUT2D eigenvalue weighted by Gasteiger charge is 2.53. The van der Waals surface area contributed by atoms with Crippen molar-refractivity contribution in [2.24, 2.45) is 0 Å². The van der Waals surface area contributed by atoms with Crippen LogP contribution < -0.4 is 5.46 Å². The van der Waals surface area contributed by atoms with E-state index in [-0.39, 0.29) is 11.3 Å². The smallest absolute Gasteiger partial charge is 0.399 e. The first-order valence-electron chi connectivity index (χ1n) is 6.22. The van der Waals surface area contributed by atoms with E-state index in [9.17, 15) is 10.1 Å². The molecule has 1 aliphatic rings. The summed E-state index contributed by atoms with van der Waals surface area (Å²) in [6, 6.07) is 6.16. The van der Waals surface area contributed by atoms with E-state index in [4.69, 9.17) is 14.6 Å². The monoisotopic (exact) mass is 274 g/mol. The largest absolute Gasteiger partial charge is 0.501 e. The van der Waals surface area contributed by atoms with Crippen molar-refractivity contribution in [1.29, 1.82) is 5.26 Å². The van der Waals surface area contributed by atoms with Crippen LogP contribution in [0, 0.1) is 21.4 Å². The topological polar surface area (TPSA) is 85.4 Å². The van der Waals surface area contributed by atoms with Gasteiger partial charge in [-0.05, 0) is 33.8 Å². The Balaban J connectivity index is 2.45. The Morgan fingerprint density at radius 2 is 1.80 bits per heavy atom. The second kappa shape index (κ2) is 4.58. The number of nitro groups is 1. The third kappa shape index (κ3) is 2.28. The standard InChI is InChI=1S/C13H15BN2O4/c1-12(2)13(3,4)20-14(19-12)10-6-5-9(8-15)7-11(10)16(17)18/h5-7H,1-4H3. The van der Waals surface area contributed by atoms with Gasteiger partial charge < -0.3 is 9.31 Å². The Morgan fingerprint density at radius 3 is 2.25 bits per heavy atom. The maximum atomic E-state index is 11.2. The Hall–Kier alpha value is -1.91. The zero-order chi connectivity index (χ0) is 15.1. The molecular weight excluding hydrogens is 259 g/mol. The number of nitrogens with zero attached hydrogens (tertiary/aromatic N) is 2. The summed E-state index contributed by atoms with van der Waals surface area (Å²) in [7, 11) is -0.812. The predicted octanol–water partition coefficient (Wildman–Crippen LogP) is 1.77. The molecule has 0 radical (unpaired) electrons. The first-order valence-corrected chi connectivity index (χ1v) is 6.22. The van der Waals surface area contributed by atoms with Crippen LogP contribution in [-0.4, -0.2) is 23.2 Å². The van der Waals surface area contributed by atoms with Gasteiger partial charge in [0.15, 0.2) is 0 Å². The van der Waals surface area contributed by atoms with E-state index >= 15 is 0 Å². The summed E-state index contributed by atoms with van der Waals surface area (Å²) >= 11 is 0. The molecule has 0 aliphatic carbocycles. The van der Waals surface area contributed by atoms with E-state index in [1.165, 1.54) is 18.2 Å². The molecule has 0 saturated carbocycles. The summed E-state index contributed by atoms with van der Waals surface area (Å²) < 4.78 is 11.6. The molecular formula is C13H15BN2O4. The molecule has 1 saturated heterocycles. The maximum Gasteiger partial charge on any atom is 0.501 e. The molecule has 1 aliphatic heterocycles. The van der Waals surface area contributed by atoms with Gasteiger partial charge in [-0.15, -0.1) is 0 Å². The normalized spacial score (nSPS) is 19.6. The van der Waals surface area contributed by atoms with Crippen LogP contribution in [0.15, 0.2) is 18.2 Å². The fourth-order valence-corrected chi connectivity index (χ4v) is 1.94. The third-order valence-electron chi connectivity index (χ3n) is 3.86. The fourth-order valence-electron chi connectivity index (χ4n) is 1.94. The van der Waals surface area contributed by atoms with Gasteiger partial charge in [-0.3, -0.25) is 10.1 Å². The van der Waals surface area contributed by atoms with E-state index in [0.717, 1.165) is 0 Å². The van der Waals surface area contributed by atoms with Crippen LogP contribution in [0.5, 0.6) is 0 Å². The predicted molar refractivity (Wildman–Crippen MR) is 73.5 cm³/mol. The van der Waals surface area contributed by atoms with Gasteiger partial charge in [-0.2, -0.15) is 5.26 Å². The van der Waals surface area contributed by atoms with Crippen molar-refractivity contribution in [2.75, 3.05) is 0 Å². The van der Waals surface area contributed by atoms with Gasteiger partial charge >= 0.3 is 7.12 Å². The molecule has 7 heteroatoms. The first kappa shape index (κ1) is 14.5. The summed E-state index contributed by atoms with van der Waals surface area (Å²) in [6.45, 7) is 7.51. The highest BCUT2D eigenvalue weighted by atomic mass is 16.7. The summed E-state index contributed by atoms with van der Waals surface area (Å²) in [5.74, 6) is 0. The molecule has 0 amide bonds. The van der Waals surface area contributed by atoms with Crippen LogP contribution in [0.25, 0.3) is 0 Å². The fraction of sp³-hybridized carbons (Fsp3) is 0.462. The lowest BCUT2D eigenvalue weighted by Gasteiger charge is -2.32. The Bertz CT molecular complexity index is 591. The SMILES string of the molecule is CC1(C)OB(c2ccc(C#N)cc2[N+](=O)[O-])OC1(C)C. The number of nitriles is 1. The van der Waals surface area contributed by atoms with Crippen molar-refractivity contribution in [1.82, 2.24) is 0 Å². The van der Waals surface area contributed by atoms with Gasteiger partial charge in [0, 0.05) is 6.07 Å². The molecule has 1 heterocycles. The molecule has 104 valence electrons. The molecule has 0 bridgehead atoms. The van der Waals surface area contributed by atoms with E-state index in [1.54, 1.807) is 0 Å². The summed E-state index contributed by atoms with van der Waals surface area (Å²) in [6.07, 6.45) is 0. The lowest BCUT2D eigenvalue weighted by Crippen LogP contribution is -2.41. The first-order chi connectivity index (χ1) is 9.18. The average Bonchev–Trinajstić information content (AvgIpc) is 2.57. The maximum absolute atomic E-state index is 11.2. The molecule has 0 aromatic heterocycles. The molecule has 0 N–H and O–H groups in total. The van der Waals surface area contributed by atoms with E-state index in [2.05, 4.69) is 0 Å². The van der Waals surface area contributed by atoms with Crippen molar-refractivity contribution in [2.45, 2.75) is 38.9 Å². The molecule has 6 nitrogen and oxygen atoms in total. The quantitative estimate of drug-likeness (QED) is 0.466. The minimum atomic E-state index is -0.812. The molecule has 0 spiro atoms. The molecule has 1 fully saturated rings. The Kier molecular flexibility index (Phi) is 3.32. The van der Waals surface area contributed by atoms with Crippen LogP contribution in [-0.2, 0) is 9.31 Å². The van der Waals surface area contributed by atoms with Gasteiger partial charge in [-0.1, -0.05) is 6.07 Å². The molecule has 2 rings (SSSR count). The van der Waals surface area contributed by atoms with Crippen LogP contribution in [0.4, 0.5) is 5.69 Å². The Labute approximate surface area is 117 Å². The van der Waals surface area contributed by atoms with E-state index in [1.807, 2.05) is 33.8 Å².